The Morgan fingerprint density at radius 1 is 0.448 bits per heavy atom. The zero-order chi connectivity index (χ0) is 38.3. The highest BCUT2D eigenvalue weighted by Gasteiger charge is 2.23. The van der Waals surface area contributed by atoms with Crippen molar-refractivity contribution >= 4 is 60.9 Å². The molecule has 0 aliphatic heterocycles. The van der Waals surface area contributed by atoms with Gasteiger partial charge in [-0.05, 0) is 118 Å². The normalized spacial score (nSPS) is 14.0. The van der Waals surface area contributed by atoms with E-state index < -0.39 is 0 Å². The summed E-state index contributed by atoms with van der Waals surface area (Å²) in [5.41, 5.74) is 17.7. The number of para-hydroxylation sites is 1. The number of allylic oxidation sites excluding steroid dienone is 1. The van der Waals surface area contributed by atoms with Crippen LogP contribution in [0, 0.1) is 5.92 Å². The van der Waals surface area contributed by atoms with E-state index in [1.54, 1.807) is 0 Å². The number of rotatable bonds is 5. The highest BCUT2D eigenvalue weighted by atomic mass is 16.3. The second-order valence-electron chi connectivity index (χ2n) is 15.8. The largest absolute Gasteiger partial charge is 0.456 e. The van der Waals surface area contributed by atoms with Crippen LogP contribution < -0.4 is 0 Å². The molecule has 0 fully saturated rings. The maximum absolute atomic E-state index is 6.90. The molecule has 58 heavy (non-hydrogen) atoms. The average Bonchev–Trinajstić information content (AvgIpc) is 3.95. The van der Waals surface area contributed by atoms with Gasteiger partial charge in [0.15, 0.2) is 0 Å². The molecule has 1 atom stereocenters. The predicted octanol–water partition coefficient (Wildman–Crippen LogP) is 15.3. The standard InChI is InChI=1S/C55H37NO2/c1-34-19-23-44-43-17-8-9-18-50(43)56(51(44)27-34)42-22-26-54-48(33-42)49-32-41(31-45(55(49)58-54)40-16-10-15-37(28-40)35-11-4-2-5-12-35)39-21-25-53-47(30-39)46-29-38(20-24-52(46)57-53)36-13-6-3-7-14-36/h2-26,28-34H,27H2,1H3. The lowest BCUT2D eigenvalue weighted by molar-refractivity contribution is 0.668. The lowest BCUT2D eigenvalue weighted by Crippen LogP contribution is -2.08. The Bertz CT molecular complexity index is 3430. The Morgan fingerprint density at radius 2 is 1.03 bits per heavy atom. The van der Waals surface area contributed by atoms with E-state index in [-0.39, 0.29) is 0 Å². The molecule has 0 bridgehead atoms. The average molecular weight is 744 g/mol. The van der Waals surface area contributed by atoms with Gasteiger partial charge in [-0.15, -0.1) is 0 Å². The van der Waals surface area contributed by atoms with Gasteiger partial charge in [0.2, 0.25) is 0 Å². The number of nitrogens with zero attached hydrogens (tertiary/aromatic N) is 1. The molecule has 0 saturated carbocycles. The molecule has 3 aromatic heterocycles. The van der Waals surface area contributed by atoms with E-state index in [1.165, 1.54) is 44.4 Å². The van der Waals surface area contributed by atoms with Crippen LogP contribution in [0.4, 0.5) is 0 Å². The van der Waals surface area contributed by atoms with Gasteiger partial charge in [-0.25, -0.2) is 0 Å². The fourth-order valence-corrected chi connectivity index (χ4v) is 9.28. The van der Waals surface area contributed by atoms with Gasteiger partial charge in [-0.2, -0.15) is 0 Å². The molecule has 0 N–H and O–H groups in total. The van der Waals surface area contributed by atoms with E-state index in [4.69, 9.17) is 8.83 Å². The zero-order valence-electron chi connectivity index (χ0n) is 31.9. The fraction of sp³-hybridized carbons (Fsp3) is 0.0545. The van der Waals surface area contributed by atoms with Crippen molar-refractivity contribution in [2.24, 2.45) is 5.92 Å². The Morgan fingerprint density at radius 3 is 1.79 bits per heavy atom. The third-order valence-electron chi connectivity index (χ3n) is 12.1. The van der Waals surface area contributed by atoms with Crippen molar-refractivity contribution in [1.29, 1.82) is 0 Å². The highest BCUT2D eigenvalue weighted by Crippen LogP contribution is 2.43. The maximum atomic E-state index is 6.90. The summed E-state index contributed by atoms with van der Waals surface area (Å²) in [7, 11) is 0. The van der Waals surface area contributed by atoms with E-state index in [0.29, 0.717) is 5.92 Å². The van der Waals surface area contributed by atoms with Crippen LogP contribution in [0.25, 0.3) is 111 Å². The van der Waals surface area contributed by atoms with Crippen molar-refractivity contribution in [3.8, 4) is 50.2 Å². The molecule has 3 heteroatoms. The summed E-state index contributed by atoms with van der Waals surface area (Å²) < 4.78 is 15.8. The van der Waals surface area contributed by atoms with E-state index in [2.05, 4.69) is 200 Å². The molecule has 0 saturated heterocycles. The number of fused-ring (bicyclic) bond motifs is 9. The minimum Gasteiger partial charge on any atom is -0.456 e. The topological polar surface area (TPSA) is 31.2 Å². The van der Waals surface area contributed by atoms with Gasteiger partial charge in [0.25, 0.3) is 0 Å². The molecule has 0 amide bonds. The smallest absolute Gasteiger partial charge is 0.143 e. The second kappa shape index (κ2) is 12.8. The van der Waals surface area contributed by atoms with Gasteiger partial charge < -0.3 is 13.4 Å². The van der Waals surface area contributed by atoms with E-state index in [9.17, 15) is 0 Å². The third-order valence-corrected chi connectivity index (χ3v) is 12.1. The minimum absolute atomic E-state index is 0.473. The van der Waals surface area contributed by atoms with Crippen LogP contribution in [0.1, 0.15) is 18.2 Å². The van der Waals surface area contributed by atoms with E-state index >= 15 is 0 Å². The molecule has 12 rings (SSSR count). The first-order valence-electron chi connectivity index (χ1n) is 20.1. The van der Waals surface area contributed by atoms with Crippen molar-refractivity contribution in [2.75, 3.05) is 0 Å². The summed E-state index contributed by atoms with van der Waals surface area (Å²) >= 11 is 0. The molecule has 1 aliphatic carbocycles. The van der Waals surface area contributed by atoms with Crippen molar-refractivity contribution in [3.63, 3.8) is 0 Å². The van der Waals surface area contributed by atoms with Gasteiger partial charge in [-0.3, -0.25) is 0 Å². The first kappa shape index (κ1) is 32.8. The van der Waals surface area contributed by atoms with Crippen LogP contribution in [0.2, 0.25) is 0 Å². The SMILES string of the molecule is CC1C=Cc2c(n(-c3ccc4oc5c(-c6cccc(-c7ccccc7)c6)cc(-c6ccc7oc8ccc(-c9ccccc9)cc8c7c6)cc5c4c3)c3ccccc23)C1. The molecule has 274 valence electrons. The van der Waals surface area contributed by atoms with Crippen LogP contribution >= 0.6 is 0 Å². The number of hydrogen-bond acceptors (Lipinski definition) is 2. The van der Waals surface area contributed by atoms with Crippen molar-refractivity contribution < 1.29 is 8.83 Å². The van der Waals surface area contributed by atoms with E-state index in [1.807, 2.05) is 0 Å². The van der Waals surface area contributed by atoms with Crippen molar-refractivity contribution in [1.82, 2.24) is 4.57 Å². The second-order valence-corrected chi connectivity index (χ2v) is 15.8. The van der Waals surface area contributed by atoms with E-state index in [0.717, 1.165) is 78.2 Å². The van der Waals surface area contributed by atoms with Crippen LogP contribution in [0.3, 0.4) is 0 Å². The molecule has 1 unspecified atom stereocenters. The minimum atomic E-state index is 0.473. The number of benzene rings is 8. The highest BCUT2D eigenvalue weighted by molar-refractivity contribution is 6.13. The lowest BCUT2D eigenvalue weighted by atomic mass is 9.93. The third kappa shape index (κ3) is 5.20. The maximum Gasteiger partial charge on any atom is 0.143 e. The number of hydrogen-bond donors (Lipinski definition) is 0. The fourth-order valence-electron chi connectivity index (χ4n) is 9.28. The first-order chi connectivity index (χ1) is 28.6. The number of furan rings is 2. The van der Waals surface area contributed by atoms with Gasteiger partial charge in [0.1, 0.15) is 22.3 Å². The molecule has 3 nitrogen and oxygen atoms in total. The summed E-state index contributed by atoms with van der Waals surface area (Å²) in [5.74, 6) is 0.473. The van der Waals surface area contributed by atoms with Crippen LogP contribution in [-0.4, -0.2) is 4.57 Å². The first-order valence-corrected chi connectivity index (χ1v) is 20.1. The monoisotopic (exact) mass is 743 g/mol. The lowest BCUT2D eigenvalue weighted by Gasteiger charge is -2.17. The van der Waals surface area contributed by atoms with Gasteiger partial charge in [0.05, 0.1) is 5.52 Å². The zero-order valence-corrected chi connectivity index (χ0v) is 31.9. The molecule has 1 aliphatic rings. The van der Waals surface area contributed by atoms with Gasteiger partial charge >= 0.3 is 0 Å². The quantitative estimate of drug-likeness (QED) is 0.176. The molecule has 0 radical (unpaired) electrons. The summed E-state index contributed by atoms with van der Waals surface area (Å²) in [4.78, 5) is 0. The summed E-state index contributed by atoms with van der Waals surface area (Å²) in [6, 6.07) is 63.2. The molecule has 3 heterocycles. The molecule has 11 aromatic rings. The summed E-state index contributed by atoms with van der Waals surface area (Å²) in [6.45, 7) is 2.30. The molecular formula is C55H37NO2. The Kier molecular flexibility index (Phi) is 7.27. The molecule has 8 aromatic carbocycles. The predicted molar refractivity (Wildman–Crippen MR) is 241 cm³/mol. The van der Waals surface area contributed by atoms with Crippen LogP contribution in [0.15, 0.2) is 191 Å². The van der Waals surface area contributed by atoms with Crippen molar-refractivity contribution in [2.45, 2.75) is 13.3 Å². The Hall–Kier alpha value is -7.36. The van der Waals surface area contributed by atoms with Crippen LogP contribution in [0.5, 0.6) is 0 Å². The molecule has 0 spiro atoms. The van der Waals surface area contributed by atoms with Gasteiger partial charge in [-0.1, -0.05) is 128 Å². The van der Waals surface area contributed by atoms with Crippen LogP contribution in [-0.2, 0) is 6.42 Å². The Balaban J connectivity index is 1.09. The summed E-state index contributed by atoms with van der Waals surface area (Å²) in [6.07, 6.45) is 5.65. The Labute approximate surface area is 335 Å². The van der Waals surface area contributed by atoms with Crippen molar-refractivity contribution in [3.05, 3.63) is 193 Å². The summed E-state index contributed by atoms with van der Waals surface area (Å²) in [5, 5.41) is 5.70. The van der Waals surface area contributed by atoms with Gasteiger partial charge in [0, 0.05) is 49.4 Å². The molecular weight excluding hydrogens is 707 g/mol. The number of aromatic nitrogens is 1.